The Kier molecular flexibility index (Phi) is 5.16. The van der Waals surface area contributed by atoms with Crippen LogP contribution in [0.25, 0.3) is 0 Å². The number of hydrogen-bond acceptors (Lipinski definition) is 5. The van der Waals surface area contributed by atoms with Gasteiger partial charge in [-0.15, -0.1) is 0 Å². The molecule has 21 heavy (non-hydrogen) atoms. The molecule has 0 aromatic carbocycles. The molecule has 1 saturated heterocycles. The smallest absolute Gasteiger partial charge is 0.147 e. The summed E-state index contributed by atoms with van der Waals surface area (Å²) in [5.41, 5.74) is 2.64. The molecule has 1 atom stereocenters. The number of rotatable bonds is 3. The second kappa shape index (κ2) is 6.88. The van der Waals surface area contributed by atoms with Crippen LogP contribution < -0.4 is 4.90 Å². The summed E-state index contributed by atoms with van der Waals surface area (Å²) in [7, 11) is 4.15. The molecule has 0 bridgehead atoms. The third kappa shape index (κ3) is 3.93. The van der Waals surface area contributed by atoms with Gasteiger partial charge >= 0.3 is 0 Å². The summed E-state index contributed by atoms with van der Waals surface area (Å²) >= 11 is 0. The first-order valence-corrected chi connectivity index (χ1v) is 7.37. The Morgan fingerprint density at radius 2 is 2.24 bits per heavy atom. The lowest BCUT2D eigenvalue weighted by Crippen LogP contribution is -2.35. The summed E-state index contributed by atoms with van der Waals surface area (Å²) in [5, 5.41) is 9.45. The summed E-state index contributed by atoms with van der Waals surface area (Å²) < 4.78 is 5.71. The molecular formula is C16H24N4O. The largest absolute Gasteiger partial charge is 0.379 e. The zero-order valence-corrected chi connectivity index (χ0v) is 13.4. The molecule has 1 aromatic rings. The minimum absolute atomic E-state index is 0.427. The number of ether oxygens (including phenoxy) is 1. The average molecular weight is 288 g/mol. The Hall–Kier alpha value is -1.64. The average Bonchev–Trinajstić information content (AvgIpc) is 2.62. The van der Waals surface area contributed by atoms with E-state index in [4.69, 9.17) is 4.74 Å². The minimum atomic E-state index is 0.427. The molecule has 0 radical (unpaired) electrons. The van der Waals surface area contributed by atoms with Crippen LogP contribution in [0.4, 0.5) is 5.82 Å². The molecular weight excluding hydrogens is 264 g/mol. The normalized spacial score (nSPS) is 19.4. The molecule has 5 nitrogen and oxygen atoms in total. The molecule has 0 saturated carbocycles. The van der Waals surface area contributed by atoms with Gasteiger partial charge in [0.05, 0.1) is 18.8 Å². The maximum absolute atomic E-state index is 9.45. The molecule has 0 aliphatic carbocycles. The van der Waals surface area contributed by atoms with Crippen molar-refractivity contribution in [2.45, 2.75) is 13.8 Å². The lowest BCUT2D eigenvalue weighted by molar-refractivity contribution is 0.113. The SMILES string of the molecule is Cc1cc(C)c(C#N)c(N2CCOC[C@H](CN(C)C)C2)n1. The van der Waals surface area contributed by atoms with E-state index in [1.807, 2.05) is 19.9 Å². The van der Waals surface area contributed by atoms with E-state index >= 15 is 0 Å². The van der Waals surface area contributed by atoms with Crippen molar-refractivity contribution in [2.24, 2.45) is 5.92 Å². The van der Waals surface area contributed by atoms with Crippen LogP contribution in [0, 0.1) is 31.1 Å². The first-order chi connectivity index (χ1) is 10.0. The van der Waals surface area contributed by atoms with Gasteiger partial charge in [-0.05, 0) is 39.6 Å². The van der Waals surface area contributed by atoms with Crippen molar-refractivity contribution in [3.05, 3.63) is 22.9 Å². The van der Waals surface area contributed by atoms with Crippen LogP contribution in [-0.2, 0) is 4.74 Å². The van der Waals surface area contributed by atoms with Gasteiger partial charge in [-0.3, -0.25) is 0 Å². The molecule has 2 rings (SSSR count). The maximum atomic E-state index is 9.45. The fraction of sp³-hybridized carbons (Fsp3) is 0.625. The fourth-order valence-corrected chi connectivity index (χ4v) is 2.88. The Bertz CT molecular complexity index is 536. The number of pyridine rings is 1. The predicted molar refractivity (Wildman–Crippen MR) is 83.5 cm³/mol. The molecule has 2 heterocycles. The molecule has 5 heteroatoms. The first kappa shape index (κ1) is 15.7. The second-order valence-electron chi connectivity index (χ2n) is 6.04. The fourth-order valence-electron chi connectivity index (χ4n) is 2.88. The standard InChI is InChI=1S/C16H24N4O/c1-12-7-13(2)18-16(15(12)8-17)20-5-6-21-11-14(10-20)9-19(3)4/h7,14H,5-6,9-11H2,1-4H3/t14-/m1/s1. The summed E-state index contributed by atoms with van der Waals surface area (Å²) in [4.78, 5) is 9.00. The van der Waals surface area contributed by atoms with Gasteiger partial charge in [-0.2, -0.15) is 5.26 Å². The third-order valence-corrected chi connectivity index (χ3v) is 3.70. The topological polar surface area (TPSA) is 52.4 Å². The highest BCUT2D eigenvalue weighted by Gasteiger charge is 2.23. The Balaban J connectivity index is 2.29. The Morgan fingerprint density at radius 1 is 1.48 bits per heavy atom. The number of aryl methyl sites for hydroxylation is 2. The predicted octanol–water partition coefficient (Wildman–Crippen LogP) is 1.58. The second-order valence-corrected chi connectivity index (χ2v) is 6.04. The zero-order chi connectivity index (χ0) is 15.4. The minimum Gasteiger partial charge on any atom is -0.379 e. The van der Waals surface area contributed by atoms with Crippen molar-refractivity contribution < 1.29 is 4.74 Å². The van der Waals surface area contributed by atoms with Crippen LogP contribution in [0.5, 0.6) is 0 Å². The lowest BCUT2D eigenvalue weighted by atomic mass is 10.1. The summed E-state index contributed by atoms with van der Waals surface area (Å²) in [6.07, 6.45) is 0. The molecule has 0 N–H and O–H groups in total. The van der Waals surface area contributed by atoms with Gasteiger partial charge in [-0.25, -0.2) is 4.98 Å². The summed E-state index contributed by atoms with van der Waals surface area (Å²) in [6.45, 7) is 8.04. The number of aromatic nitrogens is 1. The maximum Gasteiger partial charge on any atom is 0.147 e. The first-order valence-electron chi connectivity index (χ1n) is 7.37. The monoisotopic (exact) mass is 288 g/mol. The van der Waals surface area contributed by atoms with E-state index in [0.29, 0.717) is 18.1 Å². The van der Waals surface area contributed by atoms with Crippen LogP contribution in [-0.4, -0.2) is 56.8 Å². The van der Waals surface area contributed by atoms with Crippen LogP contribution in [0.15, 0.2) is 6.07 Å². The van der Waals surface area contributed by atoms with Crippen molar-refractivity contribution in [3.8, 4) is 6.07 Å². The van der Waals surface area contributed by atoms with Gasteiger partial charge in [0.25, 0.3) is 0 Å². The van der Waals surface area contributed by atoms with Crippen molar-refractivity contribution in [2.75, 3.05) is 51.8 Å². The Labute approximate surface area is 127 Å². The molecule has 0 amide bonds. The van der Waals surface area contributed by atoms with Gasteiger partial charge in [0, 0.05) is 31.2 Å². The van der Waals surface area contributed by atoms with E-state index in [1.165, 1.54) is 0 Å². The molecule has 114 valence electrons. The number of nitriles is 1. The molecule has 0 spiro atoms. The summed E-state index contributed by atoms with van der Waals surface area (Å²) in [5.74, 6) is 1.24. The summed E-state index contributed by atoms with van der Waals surface area (Å²) in [6, 6.07) is 4.27. The van der Waals surface area contributed by atoms with Crippen LogP contribution >= 0.6 is 0 Å². The van der Waals surface area contributed by atoms with Gasteiger partial charge in [-0.1, -0.05) is 0 Å². The highest BCUT2D eigenvalue weighted by atomic mass is 16.5. The van der Waals surface area contributed by atoms with Crippen molar-refractivity contribution >= 4 is 5.82 Å². The highest BCUT2D eigenvalue weighted by Crippen LogP contribution is 2.24. The zero-order valence-electron chi connectivity index (χ0n) is 13.4. The van der Waals surface area contributed by atoms with Gasteiger partial charge in [0.15, 0.2) is 0 Å². The van der Waals surface area contributed by atoms with E-state index in [1.54, 1.807) is 0 Å². The van der Waals surface area contributed by atoms with E-state index in [0.717, 1.165) is 43.3 Å². The molecule has 1 aliphatic heterocycles. The molecule has 1 fully saturated rings. The molecule has 0 unspecified atom stereocenters. The number of hydrogen-bond donors (Lipinski definition) is 0. The van der Waals surface area contributed by atoms with Crippen molar-refractivity contribution in [1.82, 2.24) is 9.88 Å². The highest BCUT2D eigenvalue weighted by molar-refractivity contribution is 5.58. The quantitative estimate of drug-likeness (QED) is 0.845. The van der Waals surface area contributed by atoms with E-state index < -0.39 is 0 Å². The van der Waals surface area contributed by atoms with Crippen LogP contribution in [0.3, 0.4) is 0 Å². The van der Waals surface area contributed by atoms with E-state index in [2.05, 4.69) is 34.9 Å². The van der Waals surface area contributed by atoms with Crippen molar-refractivity contribution in [1.29, 1.82) is 5.26 Å². The van der Waals surface area contributed by atoms with Gasteiger partial charge < -0.3 is 14.5 Å². The molecule has 1 aliphatic rings. The van der Waals surface area contributed by atoms with Crippen molar-refractivity contribution in [3.63, 3.8) is 0 Å². The Morgan fingerprint density at radius 3 is 2.90 bits per heavy atom. The third-order valence-electron chi connectivity index (χ3n) is 3.70. The van der Waals surface area contributed by atoms with E-state index in [9.17, 15) is 5.26 Å². The van der Waals surface area contributed by atoms with E-state index in [-0.39, 0.29) is 0 Å². The molecule has 1 aromatic heterocycles. The van der Waals surface area contributed by atoms with Gasteiger partial charge in [0.1, 0.15) is 11.9 Å². The number of nitrogens with zero attached hydrogens (tertiary/aromatic N) is 4. The lowest BCUT2D eigenvalue weighted by Gasteiger charge is -2.27. The number of anilines is 1. The van der Waals surface area contributed by atoms with Crippen LogP contribution in [0.2, 0.25) is 0 Å². The van der Waals surface area contributed by atoms with Crippen LogP contribution in [0.1, 0.15) is 16.8 Å². The van der Waals surface area contributed by atoms with Gasteiger partial charge in [0.2, 0.25) is 0 Å².